The molecule has 4 N–H and O–H groups in total. The van der Waals surface area contributed by atoms with Gasteiger partial charge >= 0.3 is 6.03 Å². The Morgan fingerprint density at radius 2 is 2.55 bits per heavy atom. The third-order valence-corrected chi connectivity index (χ3v) is 1.41. The second-order valence-corrected chi connectivity index (χ2v) is 2.33. The number of hydrogen-bond acceptors (Lipinski definition) is 3. The van der Waals surface area contributed by atoms with Crippen molar-refractivity contribution >= 4 is 6.03 Å². The summed E-state index contributed by atoms with van der Waals surface area (Å²) in [5, 5.41) is 11.4. The van der Waals surface area contributed by atoms with E-state index in [9.17, 15) is 4.79 Å². The highest BCUT2D eigenvalue weighted by Gasteiger charge is 2.28. The number of amides is 2. The van der Waals surface area contributed by atoms with Gasteiger partial charge in [0.1, 0.15) is 11.9 Å². The number of urea groups is 1. The SMILES string of the molecule is C=C1OC(NC(N)=O)CC1O. The molecule has 11 heavy (non-hydrogen) atoms. The highest BCUT2D eigenvalue weighted by Crippen LogP contribution is 2.19. The maximum Gasteiger partial charge on any atom is 0.315 e. The summed E-state index contributed by atoms with van der Waals surface area (Å²) in [4.78, 5) is 10.3. The average Bonchev–Trinajstić information content (AvgIpc) is 2.10. The molecule has 0 aliphatic carbocycles. The second-order valence-electron chi connectivity index (χ2n) is 2.33. The number of nitrogens with one attached hydrogen (secondary N) is 1. The Balaban J connectivity index is 2.41. The molecule has 5 heteroatoms. The lowest BCUT2D eigenvalue weighted by Gasteiger charge is -2.08. The first-order valence-electron chi connectivity index (χ1n) is 3.19. The van der Waals surface area contributed by atoms with Crippen LogP contribution in [0.15, 0.2) is 12.3 Å². The van der Waals surface area contributed by atoms with Crippen molar-refractivity contribution in [3.63, 3.8) is 0 Å². The Hall–Kier alpha value is -1.23. The zero-order valence-electron chi connectivity index (χ0n) is 5.91. The smallest absolute Gasteiger partial charge is 0.315 e. The van der Waals surface area contributed by atoms with E-state index < -0.39 is 18.4 Å². The van der Waals surface area contributed by atoms with Gasteiger partial charge in [0.25, 0.3) is 0 Å². The first-order chi connectivity index (χ1) is 5.09. The van der Waals surface area contributed by atoms with Crippen LogP contribution in [0.5, 0.6) is 0 Å². The van der Waals surface area contributed by atoms with Gasteiger partial charge in [-0.2, -0.15) is 0 Å². The molecule has 0 aromatic heterocycles. The summed E-state index contributed by atoms with van der Waals surface area (Å²) in [6, 6.07) is -0.670. The quantitative estimate of drug-likeness (QED) is 0.470. The lowest BCUT2D eigenvalue weighted by molar-refractivity contribution is 0.133. The first kappa shape index (κ1) is 7.87. The lowest BCUT2D eigenvalue weighted by Crippen LogP contribution is -2.38. The monoisotopic (exact) mass is 158 g/mol. The van der Waals surface area contributed by atoms with E-state index in [2.05, 4.69) is 11.9 Å². The molecule has 2 amide bonds. The molecule has 0 radical (unpaired) electrons. The molecule has 1 fully saturated rings. The number of nitrogens with two attached hydrogens (primary N) is 1. The fourth-order valence-corrected chi connectivity index (χ4v) is 0.891. The van der Waals surface area contributed by atoms with Gasteiger partial charge in [-0.05, 0) is 0 Å². The molecule has 2 unspecified atom stereocenters. The molecular formula is C6H10N2O3. The number of primary amides is 1. The normalized spacial score (nSPS) is 29.7. The van der Waals surface area contributed by atoms with Crippen molar-refractivity contribution in [1.82, 2.24) is 5.32 Å². The molecule has 0 aromatic carbocycles. The summed E-state index contributed by atoms with van der Waals surface area (Å²) in [5.74, 6) is 0.267. The number of aliphatic hydroxyl groups is 1. The minimum Gasteiger partial charge on any atom is -0.473 e. The van der Waals surface area contributed by atoms with E-state index >= 15 is 0 Å². The predicted molar refractivity (Wildman–Crippen MR) is 37.4 cm³/mol. The van der Waals surface area contributed by atoms with Crippen molar-refractivity contribution in [1.29, 1.82) is 0 Å². The summed E-state index contributed by atoms with van der Waals surface area (Å²) in [6.45, 7) is 3.43. The summed E-state index contributed by atoms with van der Waals surface area (Å²) in [6.07, 6.45) is -0.927. The Morgan fingerprint density at radius 3 is 2.91 bits per heavy atom. The molecule has 1 aliphatic rings. The highest BCUT2D eigenvalue weighted by molar-refractivity contribution is 5.71. The standard InChI is InChI=1S/C6H10N2O3/c1-3-4(9)2-5(11-3)8-6(7)10/h4-5,9H,1-2H2,(H3,7,8,10). The minimum atomic E-state index is -0.702. The lowest BCUT2D eigenvalue weighted by atomic mass is 10.2. The average molecular weight is 158 g/mol. The van der Waals surface area contributed by atoms with Gasteiger partial charge in [-0.15, -0.1) is 0 Å². The topological polar surface area (TPSA) is 84.6 Å². The van der Waals surface area contributed by atoms with E-state index in [0.29, 0.717) is 6.42 Å². The number of carbonyl (C=O) groups is 1. The molecule has 62 valence electrons. The van der Waals surface area contributed by atoms with E-state index in [-0.39, 0.29) is 5.76 Å². The zero-order chi connectivity index (χ0) is 8.43. The molecule has 1 heterocycles. The maximum atomic E-state index is 10.3. The summed E-state index contributed by atoms with van der Waals surface area (Å²) in [7, 11) is 0. The second kappa shape index (κ2) is 2.79. The molecule has 2 atom stereocenters. The van der Waals surface area contributed by atoms with Crippen LogP contribution < -0.4 is 11.1 Å². The highest BCUT2D eigenvalue weighted by atomic mass is 16.5. The maximum absolute atomic E-state index is 10.3. The number of rotatable bonds is 1. The van der Waals surface area contributed by atoms with Gasteiger partial charge in [-0.3, -0.25) is 0 Å². The van der Waals surface area contributed by atoms with Gasteiger partial charge in [0, 0.05) is 6.42 Å². The Bertz CT molecular complexity index is 190. The van der Waals surface area contributed by atoms with Crippen LogP contribution >= 0.6 is 0 Å². The third-order valence-electron chi connectivity index (χ3n) is 1.41. The Kier molecular flexibility index (Phi) is 2.00. The van der Waals surface area contributed by atoms with Crippen molar-refractivity contribution in [2.24, 2.45) is 5.73 Å². The fourth-order valence-electron chi connectivity index (χ4n) is 0.891. The van der Waals surface area contributed by atoms with Crippen LogP contribution in [0.2, 0.25) is 0 Å². The van der Waals surface area contributed by atoms with E-state index in [1.807, 2.05) is 0 Å². The largest absolute Gasteiger partial charge is 0.473 e. The fraction of sp³-hybridized carbons (Fsp3) is 0.500. The van der Waals surface area contributed by atoms with Gasteiger partial charge in [-0.1, -0.05) is 6.58 Å². The number of carbonyl (C=O) groups excluding carboxylic acids is 1. The van der Waals surface area contributed by atoms with E-state index in [1.165, 1.54) is 0 Å². The number of hydrogen-bond donors (Lipinski definition) is 3. The summed E-state index contributed by atoms with van der Waals surface area (Å²) < 4.78 is 4.93. The first-order valence-corrected chi connectivity index (χ1v) is 3.19. The van der Waals surface area contributed by atoms with E-state index in [0.717, 1.165) is 0 Å². The van der Waals surface area contributed by atoms with Gasteiger partial charge in [0.15, 0.2) is 6.23 Å². The van der Waals surface area contributed by atoms with E-state index in [4.69, 9.17) is 15.6 Å². The molecule has 1 saturated heterocycles. The van der Waals surface area contributed by atoms with Crippen LogP contribution in [0, 0.1) is 0 Å². The Labute approximate surface area is 63.8 Å². The van der Waals surface area contributed by atoms with Crippen LogP contribution in [-0.4, -0.2) is 23.5 Å². The van der Waals surface area contributed by atoms with Gasteiger partial charge < -0.3 is 20.9 Å². The Morgan fingerprint density at radius 1 is 1.91 bits per heavy atom. The summed E-state index contributed by atoms with van der Waals surface area (Å²) >= 11 is 0. The zero-order valence-corrected chi connectivity index (χ0v) is 5.91. The van der Waals surface area contributed by atoms with Gasteiger partial charge in [0.05, 0.1) is 0 Å². The molecule has 0 aromatic rings. The molecule has 0 spiro atoms. The van der Waals surface area contributed by atoms with E-state index in [1.54, 1.807) is 0 Å². The van der Waals surface area contributed by atoms with Gasteiger partial charge in [-0.25, -0.2) is 4.79 Å². The minimum absolute atomic E-state index is 0.267. The molecular weight excluding hydrogens is 148 g/mol. The van der Waals surface area contributed by atoms with Crippen molar-refractivity contribution in [2.45, 2.75) is 18.8 Å². The van der Waals surface area contributed by atoms with Crippen LogP contribution in [0.4, 0.5) is 4.79 Å². The van der Waals surface area contributed by atoms with Crippen molar-refractivity contribution in [3.05, 3.63) is 12.3 Å². The number of aliphatic hydroxyl groups excluding tert-OH is 1. The molecule has 5 nitrogen and oxygen atoms in total. The van der Waals surface area contributed by atoms with Crippen LogP contribution in [-0.2, 0) is 4.74 Å². The molecule has 0 bridgehead atoms. The van der Waals surface area contributed by atoms with Crippen molar-refractivity contribution in [3.8, 4) is 0 Å². The van der Waals surface area contributed by atoms with Crippen LogP contribution in [0.1, 0.15) is 6.42 Å². The predicted octanol–water partition coefficient (Wildman–Crippen LogP) is -0.724. The van der Waals surface area contributed by atoms with Crippen LogP contribution in [0.3, 0.4) is 0 Å². The number of ether oxygens (including phenoxy) is 1. The molecule has 0 saturated carbocycles. The van der Waals surface area contributed by atoms with Crippen LogP contribution in [0.25, 0.3) is 0 Å². The summed E-state index contributed by atoms with van der Waals surface area (Å²) in [5.41, 5.74) is 4.82. The van der Waals surface area contributed by atoms with Gasteiger partial charge in [0.2, 0.25) is 0 Å². The van der Waals surface area contributed by atoms with Crippen molar-refractivity contribution < 1.29 is 14.6 Å². The van der Waals surface area contributed by atoms with Crippen molar-refractivity contribution in [2.75, 3.05) is 0 Å². The molecule has 1 rings (SSSR count). The third kappa shape index (κ3) is 1.84. The molecule has 1 aliphatic heterocycles.